The van der Waals surface area contributed by atoms with Crippen LogP contribution in [-0.4, -0.2) is 28.0 Å². The minimum atomic E-state index is 0.0964. The summed E-state index contributed by atoms with van der Waals surface area (Å²) in [5, 5.41) is 4.13. The molecular weight excluding hydrogens is 190 g/mol. The molecule has 2 heterocycles. The number of ether oxygens (including phenoxy) is 1. The Balaban J connectivity index is 1.89. The number of nitrogens with two attached hydrogens (primary N) is 1. The van der Waals surface area contributed by atoms with Crippen LogP contribution < -0.4 is 5.73 Å². The summed E-state index contributed by atoms with van der Waals surface area (Å²) in [5.74, 6) is 0. The van der Waals surface area contributed by atoms with E-state index in [0.29, 0.717) is 6.10 Å². The maximum absolute atomic E-state index is 6.12. The number of aromatic nitrogens is 2. The van der Waals surface area contributed by atoms with Crippen LogP contribution in [0.5, 0.6) is 0 Å². The van der Waals surface area contributed by atoms with Gasteiger partial charge < -0.3 is 10.5 Å². The third-order valence-electron chi connectivity index (χ3n) is 2.97. The summed E-state index contributed by atoms with van der Waals surface area (Å²) in [6.07, 6.45) is 7.55. The molecule has 2 rings (SSSR count). The Kier molecular flexibility index (Phi) is 3.07. The van der Waals surface area contributed by atoms with E-state index in [-0.39, 0.29) is 12.1 Å². The highest BCUT2D eigenvalue weighted by Gasteiger charge is 2.27. The van der Waals surface area contributed by atoms with Crippen LogP contribution in [0.15, 0.2) is 12.4 Å². The molecular formula is C11H19N3O. The van der Waals surface area contributed by atoms with Crippen molar-refractivity contribution in [1.29, 1.82) is 0 Å². The number of aryl methyl sites for hydroxylation is 1. The molecule has 1 aliphatic heterocycles. The first-order chi connectivity index (χ1) is 7.15. The van der Waals surface area contributed by atoms with Gasteiger partial charge in [-0.25, -0.2) is 0 Å². The lowest BCUT2D eigenvalue weighted by Gasteiger charge is -2.18. The fourth-order valence-electron chi connectivity index (χ4n) is 2.13. The molecule has 1 fully saturated rings. The zero-order chi connectivity index (χ0) is 10.8. The Morgan fingerprint density at radius 2 is 2.47 bits per heavy atom. The molecule has 0 bridgehead atoms. The van der Waals surface area contributed by atoms with Gasteiger partial charge in [0.2, 0.25) is 0 Å². The van der Waals surface area contributed by atoms with Crippen LogP contribution in [0.2, 0.25) is 0 Å². The van der Waals surface area contributed by atoms with Gasteiger partial charge >= 0.3 is 0 Å². The maximum atomic E-state index is 6.12. The highest BCUT2D eigenvalue weighted by atomic mass is 16.5. The van der Waals surface area contributed by atoms with Crippen LogP contribution in [0.3, 0.4) is 0 Å². The molecule has 0 amide bonds. The van der Waals surface area contributed by atoms with Gasteiger partial charge in [0, 0.05) is 19.3 Å². The third-order valence-corrected chi connectivity index (χ3v) is 2.97. The third kappa shape index (κ3) is 2.58. The van der Waals surface area contributed by atoms with Crippen LogP contribution in [0.1, 0.15) is 25.3 Å². The first kappa shape index (κ1) is 10.6. The molecule has 84 valence electrons. The van der Waals surface area contributed by atoms with E-state index in [4.69, 9.17) is 10.5 Å². The Morgan fingerprint density at radius 3 is 3.00 bits per heavy atom. The van der Waals surface area contributed by atoms with E-state index in [0.717, 1.165) is 19.3 Å². The Hall–Kier alpha value is -0.870. The summed E-state index contributed by atoms with van der Waals surface area (Å²) in [4.78, 5) is 0. The van der Waals surface area contributed by atoms with Crippen molar-refractivity contribution in [3.63, 3.8) is 0 Å². The Bertz CT molecular complexity index is 323. The van der Waals surface area contributed by atoms with E-state index in [1.165, 1.54) is 5.56 Å². The molecule has 3 atom stereocenters. The minimum absolute atomic E-state index is 0.0964. The van der Waals surface area contributed by atoms with Gasteiger partial charge in [0.15, 0.2) is 0 Å². The van der Waals surface area contributed by atoms with Gasteiger partial charge in [-0.1, -0.05) is 0 Å². The highest BCUT2D eigenvalue weighted by Crippen LogP contribution is 2.22. The quantitative estimate of drug-likeness (QED) is 0.803. The van der Waals surface area contributed by atoms with Crippen molar-refractivity contribution in [2.75, 3.05) is 0 Å². The summed E-state index contributed by atoms with van der Waals surface area (Å²) in [6, 6.07) is 0.0964. The van der Waals surface area contributed by atoms with Crippen molar-refractivity contribution < 1.29 is 4.74 Å². The molecule has 2 N–H and O–H groups in total. The van der Waals surface area contributed by atoms with Gasteiger partial charge in [-0.05, 0) is 31.7 Å². The zero-order valence-corrected chi connectivity index (χ0v) is 9.39. The number of hydrogen-bond donors (Lipinski definition) is 1. The number of nitrogens with zero attached hydrogens (tertiary/aromatic N) is 2. The van der Waals surface area contributed by atoms with E-state index >= 15 is 0 Å². The van der Waals surface area contributed by atoms with Crippen LogP contribution in [-0.2, 0) is 18.2 Å². The predicted octanol–water partition coefficient (Wildman–Crippen LogP) is 0.857. The SMILES string of the molecule is CC1CCC(C(N)Cc2cnn(C)c2)O1. The number of rotatable bonds is 3. The lowest BCUT2D eigenvalue weighted by Crippen LogP contribution is -2.36. The standard InChI is InChI=1S/C11H19N3O/c1-8-3-4-11(15-8)10(12)5-9-6-13-14(2)7-9/h6-8,10-11H,3-5,12H2,1-2H3. The van der Waals surface area contributed by atoms with E-state index in [9.17, 15) is 0 Å². The molecule has 1 aromatic rings. The van der Waals surface area contributed by atoms with Crippen molar-refractivity contribution in [2.45, 2.75) is 44.4 Å². The lowest BCUT2D eigenvalue weighted by molar-refractivity contribution is 0.0404. The van der Waals surface area contributed by atoms with Gasteiger partial charge in [-0.2, -0.15) is 5.10 Å². The molecule has 0 aromatic carbocycles. The van der Waals surface area contributed by atoms with Gasteiger partial charge in [-0.15, -0.1) is 0 Å². The van der Waals surface area contributed by atoms with Gasteiger partial charge in [0.25, 0.3) is 0 Å². The van der Waals surface area contributed by atoms with Crippen LogP contribution >= 0.6 is 0 Å². The average Bonchev–Trinajstić information content (AvgIpc) is 2.75. The van der Waals surface area contributed by atoms with Crippen molar-refractivity contribution >= 4 is 0 Å². The predicted molar refractivity (Wildman–Crippen MR) is 58.5 cm³/mol. The fraction of sp³-hybridized carbons (Fsp3) is 0.727. The van der Waals surface area contributed by atoms with Crippen molar-refractivity contribution in [2.24, 2.45) is 12.8 Å². The summed E-state index contributed by atoms with van der Waals surface area (Å²) in [5.41, 5.74) is 7.31. The summed E-state index contributed by atoms with van der Waals surface area (Å²) in [6.45, 7) is 2.11. The van der Waals surface area contributed by atoms with E-state index < -0.39 is 0 Å². The topological polar surface area (TPSA) is 53.1 Å². The van der Waals surface area contributed by atoms with Gasteiger partial charge in [-0.3, -0.25) is 4.68 Å². The maximum Gasteiger partial charge on any atom is 0.0733 e. The van der Waals surface area contributed by atoms with Crippen molar-refractivity contribution in [3.8, 4) is 0 Å². The number of hydrogen-bond acceptors (Lipinski definition) is 3. The molecule has 4 nitrogen and oxygen atoms in total. The fourth-order valence-corrected chi connectivity index (χ4v) is 2.13. The van der Waals surface area contributed by atoms with Crippen LogP contribution in [0, 0.1) is 0 Å². The molecule has 3 unspecified atom stereocenters. The first-order valence-corrected chi connectivity index (χ1v) is 5.53. The molecule has 1 aromatic heterocycles. The van der Waals surface area contributed by atoms with Gasteiger partial charge in [0.1, 0.15) is 0 Å². The molecule has 0 spiro atoms. The molecule has 15 heavy (non-hydrogen) atoms. The molecule has 0 aliphatic carbocycles. The van der Waals surface area contributed by atoms with E-state index in [1.807, 2.05) is 19.4 Å². The molecule has 0 radical (unpaired) electrons. The second-order valence-electron chi connectivity index (χ2n) is 4.45. The van der Waals surface area contributed by atoms with Crippen molar-refractivity contribution in [1.82, 2.24) is 9.78 Å². The molecule has 1 saturated heterocycles. The lowest BCUT2D eigenvalue weighted by atomic mass is 10.0. The van der Waals surface area contributed by atoms with E-state index in [1.54, 1.807) is 4.68 Å². The summed E-state index contributed by atoms with van der Waals surface area (Å²) < 4.78 is 7.56. The minimum Gasteiger partial charge on any atom is -0.374 e. The molecule has 4 heteroatoms. The highest BCUT2D eigenvalue weighted by molar-refractivity contribution is 5.06. The van der Waals surface area contributed by atoms with Crippen LogP contribution in [0.25, 0.3) is 0 Å². The molecule has 0 saturated carbocycles. The zero-order valence-electron chi connectivity index (χ0n) is 9.39. The van der Waals surface area contributed by atoms with E-state index in [2.05, 4.69) is 12.0 Å². The Labute approximate surface area is 90.4 Å². The normalized spacial score (nSPS) is 28.2. The molecule has 1 aliphatic rings. The van der Waals surface area contributed by atoms with Crippen LogP contribution in [0.4, 0.5) is 0 Å². The largest absolute Gasteiger partial charge is 0.374 e. The summed E-state index contributed by atoms with van der Waals surface area (Å²) >= 11 is 0. The average molecular weight is 209 g/mol. The van der Waals surface area contributed by atoms with Gasteiger partial charge in [0.05, 0.1) is 18.4 Å². The monoisotopic (exact) mass is 209 g/mol. The first-order valence-electron chi connectivity index (χ1n) is 5.53. The van der Waals surface area contributed by atoms with Crippen molar-refractivity contribution in [3.05, 3.63) is 18.0 Å². The second kappa shape index (κ2) is 4.33. The Morgan fingerprint density at radius 1 is 1.67 bits per heavy atom. The smallest absolute Gasteiger partial charge is 0.0733 e. The second-order valence-corrected chi connectivity index (χ2v) is 4.45. The summed E-state index contributed by atoms with van der Waals surface area (Å²) in [7, 11) is 1.92.